The van der Waals surface area contributed by atoms with Crippen LogP contribution in [0.5, 0.6) is 0 Å². The zero-order valence-electron chi connectivity index (χ0n) is 12.8. The highest BCUT2D eigenvalue weighted by atomic mass is 32.1. The number of thiazole rings is 1. The Hall–Kier alpha value is -2.57. The molecular formula is C18H12N4S2. The average molecular weight is 348 g/mol. The lowest BCUT2D eigenvalue weighted by molar-refractivity contribution is 1.38. The van der Waals surface area contributed by atoms with Crippen molar-refractivity contribution in [3.05, 3.63) is 53.1 Å². The summed E-state index contributed by atoms with van der Waals surface area (Å²) in [4.78, 5) is 15.6. The third kappa shape index (κ3) is 2.23. The molecule has 0 saturated heterocycles. The molecule has 6 heteroatoms. The van der Waals surface area contributed by atoms with Crippen molar-refractivity contribution in [1.82, 2.24) is 15.0 Å². The molecule has 0 bridgehead atoms. The normalized spacial score (nSPS) is 11.5. The molecule has 1 N–H and O–H groups in total. The summed E-state index contributed by atoms with van der Waals surface area (Å²) in [5.41, 5.74) is 5.69. The fraction of sp³-hybridized carbons (Fsp3) is 0.0556. The summed E-state index contributed by atoms with van der Waals surface area (Å²) in [5, 5.41) is 5.83. The molecule has 4 nitrogen and oxygen atoms in total. The minimum Gasteiger partial charge on any atom is -0.354 e. The van der Waals surface area contributed by atoms with Crippen LogP contribution in [0.2, 0.25) is 0 Å². The maximum atomic E-state index is 4.52. The molecule has 0 radical (unpaired) electrons. The molecule has 5 rings (SSSR count). The van der Waals surface area contributed by atoms with Crippen LogP contribution in [-0.2, 0) is 0 Å². The molecule has 24 heavy (non-hydrogen) atoms. The van der Waals surface area contributed by atoms with Gasteiger partial charge in [-0.15, -0.1) is 22.7 Å². The van der Waals surface area contributed by atoms with Crippen molar-refractivity contribution in [2.75, 3.05) is 5.32 Å². The lowest BCUT2D eigenvalue weighted by atomic mass is 10.1. The van der Waals surface area contributed by atoms with Crippen LogP contribution in [-0.4, -0.2) is 15.0 Å². The molecule has 0 spiro atoms. The van der Waals surface area contributed by atoms with Gasteiger partial charge in [0.1, 0.15) is 10.3 Å². The second-order valence-corrected chi connectivity index (χ2v) is 7.77. The molecule has 0 atom stereocenters. The van der Waals surface area contributed by atoms with Crippen molar-refractivity contribution in [3.8, 4) is 0 Å². The Labute approximate surface area is 145 Å². The van der Waals surface area contributed by atoms with E-state index in [1.54, 1.807) is 11.3 Å². The van der Waals surface area contributed by atoms with Gasteiger partial charge in [0.25, 0.3) is 0 Å². The number of aryl methyl sites for hydroxylation is 1. The van der Waals surface area contributed by atoms with Crippen molar-refractivity contribution in [2.24, 2.45) is 0 Å². The van der Waals surface area contributed by atoms with Crippen LogP contribution < -0.4 is 5.32 Å². The van der Waals surface area contributed by atoms with Crippen molar-refractivity contribution < 1.29 is 0 Å². The number of aromatic nitrogens is 3. The van der Waals surface area contributed by atoms with E-state index >= 15 is 0 Å². The van der Waals surface area contributed by atoms with Gasteiger partial charge in [0.15, 0.2) is 0 Å². The Morgan fingerprint density at radius 2 is 1.96 bits per heavy atom. The van der Waals surface area contributed by atoms with E-state index in [9.17, 15) is 0 Å². The van der Waals surface area contributed by atoms with Gasteiger partial charge in [-0.25, -0.2) is 9.97 Å². The van der Waals surface area contributed by atoms with E-state index in [2.05, 4.69) is 45.4 Å². The standard InChI is InChI=1S/C18H12N4S2/c1-10-4-11-5-15-13(7-17(11)24-10)14(2-3-19-15)22-12-6-16-18(20-8-12)23-9-21-16/h2-9H,1H3,(H,19,22). The first-order valence-corrected chi connectivity index (χ1v) is 9.21. The van der Waals surface area contributed by atoms with Crippen LogP contribution in [0.15, 0.2) is 48.2 Å². The first-order chi connectivity index (χ1) is 11.8. The SMILES string of the molecule is Cc1cc2cc3nccc(Nc4cnc5scnc5c4)c3cc2s1. The van der Waals surface area contributed by atoms with Crippen molar-refractivity contribution in [2.45, 2.75) is 6.92 Å². The summed E-state index contributed by atoms with van der Waals surface area (Å²) in [6.45, 7) is 2.14. The van der Waals surface area contributed by atoms with Gasteiger partial charge in [-0.1, -0.05) is 0 Å². The minimum absolute atomic E-state index is 0.916. The highest BCUT2D eigenvalue weighted by Gasteiger charge is 2.08. The number of rotatable bonds is 2. The predicted octanol–water partition coefficient (Wildman–Crippen LogP) is 5.51. The molecule has 0 fully saturated rings. The number of anilines is 2. The van der Waals surface area contributed by atoms with Crippen molar-refractivity contribution >= 4 is 65.4 Å². The molecule has 116 valence electrons. The molecule has 0 aliphatic rings. The molecule has 1 aromatic carbocycles. The molecule has 0 aliphatic carbocycles. The topological polar surface area (TPSA) is 50.7 Å². The molecule has 4 heterocycles. The highest BCUT2D eigenvalue weighted by molar-refractivity contribution is 7.19. The second kappa shape index (κ2) is 5.22. The fourth-order valence-corrected chi connectivity index (χ4v) is 4.46. The van der Waals surface area contributed by atoms with Crippen LogP contribution in [0.25, 0.3) is 31.3 Å². The van der Waals surface area contributed by atoms with Gasteiger partial charge in [-0.3, -0.25) is 4.98 Å². The van der Waals surface area contributed by atoms with E-state index in [1.165, 1.54) is 15.0 Å². The van der Waals surface area contributed by atoms with E-state index < -0.39 is 0 Å². The Bertz CT molecular complexity index is 1210. The summed E-state index contributed by atoms with van der Waals surface area (Å²) in [5.74, 6) is 0. The van der Waals surface area contributed by atoms with Gasteiger partial charge in [0.05, 0.1) is 22.9 Å². The van der Waals surface area contributed by atoms with Crippen LogP contribution in [0, 0.1) is 6.92 Å². The Balaban J connectivity index is 1.65. The number of nitrogens with zero attached hydrogens (tertiary/aromatic N) is 3. The zero-order chi connectivity index (χ0) is 16.1. The lowest BCUT2D eigenvalue weighted by Gasteiger charge is -2.09. The van der Waals surface area contributed by atoms with E-state index in [0.29, 0.717) is 0 Å². The minimum atomic E-state index is 0.916. The first kappa shape index (κ1) is 13.8. The number of thiophene rings is 1. The number of pyridine rings is 2. The van der Waals surface area contributed by atoms with Crippen molar-refractivity contribution in [1.29, 1.82) is 0 Å². The molecule has 0 saturated carbocycles. The summed E-state index contributed by atoms with van der Waals surface area (Å²) >= 11 is 3.36. The molecule has 0 unspecified atom stereocenters. The summed E-state index contributed by atoms with van der Waals surface area (Å²) in [7, 11) is 0. The van der Waals surface area contributed by atoms with Gasteiger partial charge in [-0.2, -0.15) is 0 Å². The quantitative estimate of drug-likeness (QED) is 0.457. The molecule has 4 aromatic heterocycles. The van der Waals surface area contributed by atoms with E-state index in [1.807, 2.05) is 41.4 Å². The molecular weight excluding hydrogens is 336 g/mol. The molecule has 5 aromatic rings. The first-order valence-electron chi connectivity index (χ1n) is 7.51. The second-order valence-electron chi connectivity index (χ2n) is 5.65. The average Bonchev–Trinajstić information content (AvgIpc) is 3.17. The number of fused-ring (bicyclic) bond motifs is 3. The Morgan fingerprint density at radius 3 is 2.92 bits per heavy atom. The van der Waals surface area contributed by atoms with Crippen LogP contribution in [0.1, 0.15) is 4.88 Å². The summed E-state index contributed by atoms with van der Waals surface area (Å²) in [6, 6.07) is 10.6. The number of nitrogens with one attached hydrogen (secondary N) is 1. The largest absolute Gasteiger partial charge is 0.354 e. The maximum Gasteiger partial charge on any atom is 0.143 e. The Morgan fingerprint density at radius 1 is 1.00 bits per heavy atom. The van der Waals surface area contributed by atoms with E-state index in [0.717, 1.165) is 32.6 Å². The van der Waals surface area contributed by atoms with Gasteiger partial charge in [0, 0.05) is 26.8 Å². The van der Waals surface area contributed by atoms with Crippen LogP contribution >= 0.6 is 22.7 Å². The Kier molecular flexibility index (Phi) is 3.01. The smallest absolute Gasteiger partial charge is 0.143 e. The highest BCUT2D eigenvalue weighted by Crippen LogP contribution is 2.33. The zero-order valence-corrected chi connectivity index (χ0v) is 14.4. The number of benzene rings is 1. The van der Waals surface area contributed by atoms with E-state index in [4.69, 9.17) is 0 Å². The molecule has 0 aliphatic heterocycles. The maximum absolute atomic E-state index is 4.52. The van der Waals surface area contributed by atoms with E-state index in [-0.39, 0.29) is 0 Å². The summed E-state index contributed by atoms with van der Waals surface area (Å²) in [6.07, 6.45) is 3.69. The van der Waals surface area contributed by atoms with Crippen molar-refractivity contribution in [3.63, 3.8) is 0 Å². The molecule has 0 amide bonds. The lowest BCUT2D eigenvalue weighted by Crippen LogP contribution is -1.93. The predicted molar refractivity (Wildman–Crippen MR) is 103 cm³/mol. The third-order valence-corrected chi connectivity index (χ3v) is 5.73. The van der Waals surface area contributed by atoms with Crippen LogP contribution in [0.4, 0.5) is 11.4 Å². The monoisotopic (exact) mass is 348 g/mol. The van der Waals surface area contributed by atoms with Gasteiger partial charge in [0.2, 0.25) is 0 Å². The third-order valence-electron chi connectivity index (χ3n) is 3.97. The fourth-order valence-electron chi connectivity index (χ4n) is 2.90. The number of hydrogen-bond donors (Lipinski definition) is 1. The summed E-state index contributed by atoms with van der Waals surface area (Å²) < 4.78 is 1.28. The van der Waals surface area contributed by atoms with Gasteiger partial charge in [-0.05, 0) is 42.6 Å². The van der Waals surface area contributed by atoms with Gasteiger partial charge < -0.3 is 5.32 Å². The van der Waals surface area contributed by atoms with Gasteiger partial charge >= 0.3 is 0 Å². The number of hydrogen-bond acceptors (Lipinski definition) is 6. The van der Waals surface area contributed by atoms with Crippen LogP contribution in [0.3, 0.4) is 0 Å².